The van der Waals surface area contributed by atoms with Crippen LogP contribution in [0.25, 0.3) is 0 Å². The molecule has 132 valence electrons. The molecule has 25 heavy (non-hydrogen) atoms. The van der Waals surface area contributed by atoms with Crippen LogP contribution in [0.2, 0.25) is 10.0 Å². The van der Waals surface area contributed by atoms with Gasteiger partial charge in [-0.15, -0.1) is 0 Å². The Labute approximate surface area is 157 Å². The molecular formula is C18H20Cl2N4O. The second-order valence-electron chi connectivity index (χ2n) is 7.19. The second kappa shape index (κ2) is 6.59. The standard InChI is InChI=1S/C18H20Cl2N4O/c19-14-3-1-12(7-15(14)20)23-6-5-11(9-23)18(25)22-16-8-13-2-4-17(16)24(13)10-21/h1,3,7,11,13,16-17H,2,4-6,8-9H2,(H,22,25)/t11-,13-,16+,17+/m0/s1. The van der Waals surface area contributed by atoms with Gasteiger partial charge in [-0.2, -0.15) is 5.26 Å². The first kappa shape index (κ1) is 16.8. The summed E-state index contributed by atoms with van der Waals surface area (Å²) >= 11 is 12.1. The van der Waals surface area contributed by atoms with Crippen LogP contribution in [0.3, 0.4) is 0 Å². The minimum absolute atomic E-state index is 0.0240. The minimum Gasteiger partial charge on any atom is -0.371 e. The van der Waals surface area contributed by atoms with Crippen LogP contribution in [0.4, 0.5) is 5.69 Å². The van der Waals surface area contributed by atoms with Gasteiger partial charge in [0.15, 0.2) is 6.19 Å². The molecule has 1 aromatic rings. The van der Waals surface area contributed by atoms with Crippen LogP contribution in [0.5, 0.6) is 0 Å². The van der Waals surface area contributed by atoms with Crippen molar-refractivity contribution >= 4 is 34.8 Å². The number of amides is 1. The minimum atomic E-state index is -0.0240. The molecule has 4 atom stereocenters. The number of nitrogens with one attached hydrogen (secondary N) is 1. The summed E-state index contributed by atoms with van der Waals surface area (Å²) in [7, 11) is 0. The van der Waals surface area contributed by atoms with Crippen molar-refractivity contribution in [2.24, 2.45) is 5.92 Å². The summed E-state index contributed by atoms with van der Waals surface area (Å²) in [5.74, 6) is 0.0853. The van der Waals surface area contributed by atoms with E-state index < -0.39 is 0 Å². The van der Waals surface area contributed by atoms with Crippen LogP contribution in [0, 0.1) is 17.4 Å². The molecule has 1 N–H and O–H groups in total. The lowest BCUT2D eigenvalue weighted by molar-refractivity contribution is -0.125. The molecule has 0 radical (unpaired) electrons. The van der Waals surface area contributed by atoms with E-state index in [9.17, 15) is 10.1 Å². The summed E-state index contributed by atoms with van der Waals surface area (Å²) < 4.78 is 0. The van der Waals surface area contributed by atoms with Crippen molar-refractivity contribution < 1.29 is 4.79 Å². The highest BCUT2D eigenvalue weighted by atomic mass is 35.5. The van der Waals surface area contributed by atoms with Crippen LogP contribution < -0.4 is 10.2 Å². The number of carbonyl (C=O) groups is 1. The lowest BCUT2D eigenvalue weighted by Gasteiger charge is -2.24. The van der Waals surface area contributed by atoms with E-state index in [1.807, 2.05) is 17.0 Å². The second-order valence-corrected chi connectivity index (χ2v) is 8.00. The summed E-state index contributed by atoms with van der Waals surface area (Å²) in [4.78, 5) is 16.7. The number of nitrogens with zero attached hydrogens (tertiary/aromatic N) is 3. The van der Waals surface area contributed by atoms with Gasteiger partial charge in [0.25, 0.3) is 0 Å². The molecule has 0 spiro atoms. The van der Waals surface area contributed by atoms with Gasteiger partial charge in [0.2, 0.25) is 5.91 Å². The Morgan fingerprint density at radius 3 is 2.80 bits per heavy atom. The van der Waals surface area contributed by atoms with E-state index in [1.165, 1.54) is 0 Å². The summed E-state index contributed by atoms with van der Waals surface area (Å²) in [6.07, 6.45) is 6.08. The monoisotopic (exact) mass is 378 g/mol. The SMILES string of the molecule is N#CN1[C@H]2CC[C@@H]1[C@H](NC(=O)[C@H]1CCN(c3ccc(Cl)c(Cl)c3)C1)C2. The first-order valence-electron chi connectivity index (χ1n) is 8.75. The van der Waals surface area contributed by atoms with Crippen LogP contribution in [-0.4, -0.2) is 42.0 Å². The quantitative estimate of drug-likeness (QED) is 0.821. The van der Waals surface area contributed by atoms with E-state index in [1.54, 1.807) is 6.07 Å². The Kier molecular flexibility index (Phi) is 4.43. The predicted octanol–water partition coefficient (Wildman–Crippen LogP) is 3.02. The highest BCUT2D eigenvalue weighted by molar-refractivity contribution is 6.42. The number of carbonyl (C=O) groups excluding carboxylic acids is 1. The van der Waals surface area contributed by atoms with Gasteiger partial charge >= 0.3 is 0 Å². The van der Waals surface area contributed by atoms with E-state index in [0.29, 0.717) is 22.6 Å². The van der Waals surface area contributed by atoms with Crippen molar-refractivity contribution in [1.29, 1.82) is 5.26 Å². The maximum absolute atomic E-state index is 12.7. The van der Waals surface area contributed by atoms with E-state index in [4.69, 9.17) is 23.2 Å². The molecule has 1 amide bonds. The van der Waals surface area contributed by atoms with Gasteiger partial charge in [0, 0.05) is 24.8 Å². The summed E-state index contributed by atoms with van der Waals surface area (Å²) in [6, 6.07) is 6.20. The largest absolute Gasteiger partial charge is 0.371 e. The van der Waals surface area contributed by atoms with Gasteiger partial charge in [-0.1, -0.05) is 23.2 Å². The van der Waals surface area contributed by atoms with E-state index >= 15 is 0 Å². The lowest BCUT2D eigenvalue weighted by atomic mass is 9.95. The number of fused-ring (bicyclic) bond motifs is 2. The molecular weight excluding hydrogens is 359 g/mol. The molecule has 5 nitrogen and oxygen atoms in total. The highest BCUT2D eigenvalue weighted by Crippen LogP contribution is 2.37. The van der Waals surface area contributed by atoms with Crippen LogP contribution in [-0.2, 0) is 4.79 Å². The number of nitriles is 1. The molecule has 3 aliphatic rings. The van der Waals surface area contributed by atoms with Crippen molar-refractivity contribution in [3.05, 3.63) is 28.2 Å². The topological polar surface area (TPSA) is 59.4 Å². The molecule has 0 aliphatic carbocycles. The average Bonchev–Trinajstić information content (AvgIpc) is 3.30. The lowest BCUT2D eigenvalue weighted by Crippen LogP contribution is -2.46. The number of anilines is 1. The average molecular weight is 379 g/mol. The number of halogens is 2. The molecule has 3 saturated heterocycles. The van der Waals surface area contributed by atoms with Gasteiger partial charge in [-0.25, -0.2) is 0 Å². The fourth-order valence-electron chi connectivity index (χ4n) is 4.49. The molecule has 3 heterocycles. The zero-order valence-electron chi connectivity index (χ0n) is 13.8. The van der Waals surface area contributed by atoms with E-state index in [0.717, 1.165) is 37.9 Å². The van der Waals surface area contributed by atoms with Crippen molar-refractivity contribution in [3.63, 3.8) is 0 Å². The molecule has 3 aliphatic heterocycles. The molecule has 7 heteroatoms. The fraction of sp³-hybridized carbons (Fsp3) is 0.556. The summed E-state index contributed by atoms with van der Waals surface area (Å²) in [5.41, 5.74) is 1.00. The van der Waals surface area contributed by atoms with Crippen LogP contribution in [0.1, 0.15) is 25.7 Å². The van der Waals surface area contributed by atoms with Crippen molar-refractivity contribution in [2.75, 3.05) is 18.0 Å². The third-order valence-electron chi connectivity index (χ3n) is 5.81. The number of benzene rings is 1. The van der Waals surface area contributed by atoms with Crippen molar-refractivity contribution in [1.82, 2.24) is 10.2 Å². The van der Waals surface area contributed by atoms with Crippen LogP contribution in [0.15, 0.2) is 18.2 Å². The molecule has 1 aromatic carbocycles. The molecule has 4 rings (SSSR count). The zero-order valence-corrected chi connectivity index (χ0v) is 15.3. The molecule has 0 aromatic heterocycles. The Morgan fingerprint density at radius 1 is 1.24 bits per heavy atom. The summed E-state index contributed by atoms with van der Waals surface area (Å²) in [5, 5.41) is 13.5. The van der Waals surface area contributed by atoms with Gasteiger partial charge in [0.05, 0.1) is 28.0 Å². The van der Waals surface area contributed by atoms with Gasteiger partial charge in [-0.05, 0) is 43.9 Å². The Balaban J connectivity index is 1.36. The van der Waals surface area contributed by atoms with E-state index in [2.05, 4.69) is 16.4 Å². The summed E-state index contributed by atoms with van der Waals surface area (Å²) in [6.45, 7) is 1.52. The van der Waals surface area contributed by atoms with Gasteiger partial charge < -0.3 is 15.1 Å². The number of hydrogen-bond donors (Lipinski definition) is 1. The first-order valence-corrected chi connectivity index (χ1v) is 9.51. The highest BCUT2D eigenvalue weighted by Gasteiger charge is 2.47. The van der Waals surface area contributed by atoms with Gasteiger partial charge in [-0.3, -0.25) is 4.79 Å². The molecule has 2 bridgehead atoms. The van der Waals surface area contributed by atoms with Gasteiger partial charge in [0.1, 0.15) is 0 Å². The number of hydrogen-bond acceptors (Lipinski definition) is 4. The zero-order chi connectivity index (χ0) is 17.6. The maximum Gasteiger partial charge on any atom is 0.225 e. The normalized spacial score (nSPS) is 30.6. The Bertz CT molecular complexity index is 734. The van der Waals surface area contributed by atoms with E-state index in [-0.39, 0.29) is 23.9 Å². The third-order valence-corrected chi connectivity index (χ3v) is 6.55. The third kappa shape index (κ3) is 3.02. The number of rotatable bonds is 3. The Hall–Kier alpha value is -1.64. The molecule has 3 fully saturated rings. The van der Waals surface area contributed by atoms with Crippen molar-refractivity contribution in [3.8, 4) is 6.19 Å². The predicted molar refractivity (Wildman–Crippen MR) is 97.6 cm³/mol. The first-order chi connectivity index (χ1) is 12.1. The van der Waals surface area contributed by atoms with Crippen LogP contribution >= 0.6 is 23.2 Å². The molecule has 0 unspecified atom stereocenters. The smallest absolute Gasteiger partial charge is 0.225 e. The maximum atomic E-state index is 12.7. The van der Waals surface area contributed by atoms with Crippen molar-refractivity contribution in [2.45, 2.75) is 43.8 Å². The fourth-order valence-corrected chi connectivity index (χ4v) is 4.78. The Morgan fingerprint density at radius 2 is 2.08 bits per heavy atom. The molecule has 0 saturated carbocycles.